The molecule has 0 aromatic carbocycles. The molecule has 1 N–H and O–H groups in total. The lowest BCUT2D eigenvalue weighted by atomic mass is 10.1. The van der Waals surface area contributed by atoms with Gasteiger partial charge >= 0.3 is 0 Å². The average molecular weight is 185 g/mol. The van der Waals surface area contributed by atoms with Crippen LogP contribution in [0.2, 0.25) is 0 Å². The monoisotopic (exact) mass is 185 g/mol. The van der Waals surface area contributed by atoms with E-state index in [1.807, 2.05) is 11.8 Å². The number of thioether (sulfide) groups is 1. The van der Waals surface area contributed by atoms with E-state index in [0.717, 1.165) is 31.6 Å². The first kappa shape index (κ1) is 8.57. The van der Waals surface area contributed by atoms with Gasteiger partial charge in [0.1, 0.15) is 4.87 Å². The summed E-state index contributed by atoms with van der Waals surface area (Å²) in [5.74, 6) is 1.55. The molecule has 2 rings (SSSR count). The average Bonchev–Trinajstić information content (AvgIpc) is 2.45. The molecule has 2 nitrogen and oxygen atoms in total. The van der Waals surface area contributed by atoms with Gasteiger partial charge in [-0.1, -0.05) is 12.8 Å². The second kappa shape index (κ2) is 3.38. The minimum absolute atomic E-state index is 0.156. The standard InChI is InChI=1S/C9H15NOS/c11-8-4-2-1-3-5-9(8)10-6-7-12-9/h10H,1-7H2/t9-/m0/s1. The molecule has 0 aromatic heterocycles. The number of carbonyl (C=O) groups is 1. The third kappa shape index (κ3) is 1.40. The molecule has 0 unspecified atom stereocenters. The Hall–Kier alpha value is -0.0200. The van der Waals surface area contributed by atoms with Crippen molar-refractivity contribution in [3.05, 3.63) is 0 Å². The van der Waals surface area contributed by atoms with E-state index in [1.54, 1.807) is 0 Å². The SMILES string of the molecule is O=C1CCCCC[C@@]12NCCS2. The van der Waals surface area contributed by atoms with E-state index in [2.05, 4.69) is 5.32 Å². The van der Waals surface area contributed by atoms with Crippen molar-refractivity contribution >= 4 is 17.5 Å². The zero-order valence-corrected chi connectivity index (χ0v) is 8.08. The maximum atomic E-state index is 11.8. The minimum Gasteiger partial charge on any atom is -0.297 e. The van der Waals surface area contributed by atoms with Crippen LogP contribution in [0.5, 0.6) is 0 Å². The van der Waals surface area contributed by atoms with Gasteiger partial charge in [0, 0.05) is 18.7 Å². The van der Waals surface area contributed by atoms with Gasteiger partial charge in [0.05, 0.1) is 0 Å². The fourth-order valence-corrected chi connectivity index (χ4v) is 3.35. The highest BCUT2D eigenvalue weighted by atomic mass is 32.2. The highest BCUT2D eigenvalue weighted by Crippen LogP contribution is 2.36. The molecular weight excluding hydrogens is 170 g/mol. The molecule has 0 aromatic rings. The number of hydrogen-bond acceptors (Lipinski definition) is 3. The van der Waals surface area contributed by atoms with Crippen molar-refractivity contribution < 1.29 is 4.79 Å². The van der Waals surface area contributed by atoms with Crippen LogP contribution < -0.4 is 5.32 Å². The summed E-state index contributed by atoms with van der Waals surface area (Å²) in [4.78, 5) is 11.6. The lowest BCUT2D eigenvalue weighted by Crippen LogP contribution is -2.44. The molecule has 0 bridgehead atoms. The maximum Gasteiger partial charge on any atom is 0.163 e. The van der Waals surface area contributed by atoms with Gasteiger partial charge in [-0.2, -0.15) is 0 Å². The van der Waals surface area contributed by atoms with Crippen molar-refractivity contribution in [2.24, 2.45) is 0 Å². The zero-order valence-electron chi connectivity index (χ0n) is 7.27. The Balaban J connectivity index is 2.13. The van der Waals surface area contributed by atoms with Crippen LogP contribution in [0.3, 0.4) is 0 Å². The van der Waals surface area contributed by atoms with Crippen LogP contribution in [0.15, 0.2) is 0 Å². The Labute approximate surface area is 77.5 Å². The summed E-state index contributed by atoms with van der Waals surface area (Å²) in [5, 5.41) is 3.38. The van der Waals surface area contributed by atoms with Crippen LogP contribution in [-0.2, 0) is 4.79 Å². The molecule has 1 aliphatic carbocycles. The van der Waals surface area contributed by atoms with Crippen molar-refractivity contribution in [3.63, 3.8) is 0 Å². The van der Waals surface area contributed by atoms with Crippen molar-refractivity contribution in [2.45, 2.75) is 37.0 Å². The van der Waals surface area contributed by atoms with E-state index in [9.17, 15) is 4.79 Å². The normalized spacial score (nSPS) is 37.2. The summed E-state index contributed by atoms with van der Waals surface area (Å²) in [5.41, 5.74) is 0. The molecule has 1 atom stereocenters. The third-order valence-corrected chi connectivity index (χ3v) is 4.22. The van der Waals surface area contributed by atoms with E-state index in [1.165, 1.54) is 12.8 Å². The lowest BCUT2D eigenvalue weighted by Gasteiger charge is -2.24. The van der Waals surface area contributed by atoms with Gasteiger partial charge < -0.3 is 0 Å². The number of hydrogen-bond donors (Lipinski definition) is 1. The van der Waals surface area contributed by atoms with Crippen molar-refractivity contribution in [1.82, 2.24) is 5.32 Å². The highest BCUT2D eigenvalue weighted by Gasteiger charge is 2.41. The zero-order chi connectivity index (χ0) is 8.44. The quantitative estimate of drug-likeness (QED) is 0.621. The van der Waals surface area contributed by atoms with Gasteiger partial charge in [0.25, 0.3) is 0 Å². The smallest absolute Gasteiger partial charge is 0.163 e. The van der Waals surface area contributed by atoms with Crippen LogP contribution in [0.1, 0.15) is 32.1 Å². The molecule has 1 aliphatic heterocycles. The van der Waals surface area contributed by atoms with Gasteiger partial charge in [0.15, 0.2) is 5.78 Å². The molecule has 1 saturated heterocycles. The summed E-state index contributed by atoms with van der Waals surface area (Å²) in [7, 11) is 0. The summed E-state index contributed by atoms with van der Waals surface area (Å²) in [6.07, 6.45) is 5.39. The molecule has 1 spiro atoms. The fourth-order valence-electron chi connectivity index (χ4n) is 2.05. The molecule has 68 valence electrons. The summed E-state index contributed by atoms with van der Waals surface area (Å²) in [6, 6.07) is 0. The Morgan fingerprint density at radius 2 is 2.25 bits per heavy atom. The fraction of sp³-hybridized carbons (Fsp3) is 0.889. The Bertz CT molecular complexity index is 187. The lowest BCUT2D eigenvalue weighted by molar-refractivity contribution is -0.121. The largest absolute Gasteiger partial charge is 0.297 e. The molecular formula is C9H15NOS. The van der Waals surface area contributed by atoms with Gasteiger partial charge in [0.2, 0.25) is 0 Å². The van der Waals surface area contributed by atoms with E-state index >= 15 is 0 Å². The predicted octanol–water partition coefficient (Wildman–Crippen LogP) is 1.55. The van der Waals surface area contributed by atoms with Gasteiger partial charge in [-0.05, 0) is 12.8 Å². The number of rotatable bonds is 0. The number of ketones is 1. The maximum absolute atomic E-state index is 11.8. The molecule has 2 aliphatic rings. The van der Waals surface area contributed by atoms with E-state index in [4.69, 9.17) is 0 Å². The van der Waals surface area contributed by atoms with Crippen molar-refractivity contribution in [3.8, 4) is 0 Å². The first-order valence-corrected chi connectivity index (χ1v) is 5.74. The van der Waals surface area contributed by atoms with Gasteiger partial charge in [-0.15, -0.1) is 11.8 Å². The molecule has 1 saturated carbocycles. The first-order chi connectivity index (χ1) is 5.83. The second-order valence-corrected chi connectivity index (χ2v) is 4.98. The second-order valence-electron chi connectivity index (χ2n) is 3.59. The summed E-state index contributed by atoms with van der Waals surface area (Å²) in [6.45, 7) is 1.01. The Morgan fingerprint density at radius 3 is 3.00 bits per heavy atom. The molecule has 1 heterocycles. The topological polar surface area (TPSA) is 29.1 Å². The number of nitrogens with one attached hydrogen (secondary N) is 1. The van der Waals surface area contributed by atoms with Crippen LogP contribution in [0, 0.1) is 0 Å². The molecule has 12 heavy (non-hydrogen) atoms. The van der Waals surface area contributed by atoms with Crippen LogP contribution in [-0.4, -0.2) is 23.0 Å². The first-order valence-electron chi connectivity index (χ1n) is 4.76. The highest BCUT2D eigenvalue weighted by molar-refractivity contribution is 8.01. The summed E-state index contributed by atoms with van der Waals surface area (Å²) >= 11 is 1.83. The van der Waals surface area contributed by atoms with Gasteiger partial charge in [-0.3, -0.25) is 10.1 Å². The van der Waals surface area contributed by atoms with E-state index in [0.29, 0.717) is 5.78 Å². The molecule has 0 amide bonds. The van der Waals surface area contributed by atoms with E-state index < -0.39 is 0 Å². The number of Topliss-reactive ketones (excluding diaryl/α,β-unsaturated/α-hetero) is 1. The van der Waals surface area contributed by atoms with Crippen molar-refractivity contribution in [2.75, 3.05) is 12.3 Å². The Morgan fingerprint density at radius 1 is 1.33 bits per heavy atom. The van der Waals surface area contributed by atoms with Gasteiger partial charge in [-0.25, -0.2) is 0 Å². The van der Waals surface area contributed by atoms with E-state index in [-0.39, 0.29) is 4.87 Å². The predicted molar refractivity (Wildman–Crippen MR) is 51.3 cm³/mol. The third-order valence-electron chi connectivity index (χ3n) is 2.74. The van der Waals surface area contributed by atoms with Crippen LogP contribution in [0.4, 0.5) is 0 Å². The summed E-state index contributed by atoms with van der Waals surface area (Å²) < 4.78 is 0. The van der Waals surface area contributed by atoms with Crippen LogP contribution >= 0.6 is 11.8 Å². The number of carbonyl (C=O) groups excluding carboxylic acids is 1. The minimum atomic E-state index is -0.156. The Kier molecular flexibility index (Phi) is 2.42. The van der Waals surface area contributed by atoms with Crippen LogP contribution in [0.25, 0.3) is 0 Å². The molecule has 3 heteroatoms. The molecule has 2 fully saturated rings. The van der Waals surface area contributed by atoms with Crippen molar-refractivity contribution in [1.29, 1.82) is 0 Å². The molecule has 0 radical (unpaired) electrons.